The quantitative estimate of drug-likeness (QED) is 0.680. The van der Waals surface area contributed by atoms with E-state index in [2.05, 4.69) is 5.32 Å². The Kier molecular flexibility index (Phi) is 8.33. The lowest BCUT2D eigenvalue weighted by molar-refractivity contribution is -0.152. The highest BCUT2D eigenvalue weighted by Crippen LogP contribution is 2.25. The van der Waals surface area contributed by atoms with Gasteiger partial charge in [0.05, 0.1) is 18.4 Å². The van der Waals surface area contributed by atoms with E-state index in [9.17, 15) is 14.4 Å². The third-order valence-corrected chi connectivity index (χ3v) is 6.70. The number of piperidine rings is 3. The molecule has 0 aromatic carbocycles. The van der Waals surface area contributed by atoms with Crippen molar-refractivity contribution in [2.45, 2.75) is 58.3 Å². The smallest absolute Gasteiger partial charge is 0.310 e. The number of hydrogen-bond acceptors (Lipinski definition) is 5. The molecule has 3 fully saturated rings. The number of nitrogens with one attached hydrogen (secondary N) is 1. The first-order chi connectivity index (χ1) is 14.1. The van der Waals surface area contributed by atoms with Crippen molar-refractivity contribution in [3.05, 3.63) is 0 Å². The van der Waals surface area contributed by atoms with Crippen LogP contribution < -0.4 is 5.32 Å². The second-order valence-electron chi connectivity index (χ2n) is 8.79. The van der Waals surface area contributed by atoms with Gasteiger partial charge in [-0.3, -0.25) is 14.4 Å². The van der Waals surface area contributed by atoms with E-state index in [1.807, 2.05) is 16.7 Å². The van der Waals surface area contributed by atoms with Gasteiger partial charge >= 0.3 is 5.97 Å². The van der Waals surface area contributed by atoms with Gasteiger partial charge in [0.25, 0.3) is 0 Å². The summed E-state index contributed by atoms with van der Waals surface area (Å²) in [6.07, 6.45) is 7.21. The average Bonchev–Trinajstić information content (AvgIpc) is 2.78. The molecular formula is C22H37N3O4. The van der Waals surface area contributed by atoms with Crippen LogP contribution in [0.3, 0.4) is 0 Å². The van der Waals surface area contributed by atoms with Crippen molar-refractivity contribution >= 4 is 17.8 Å². The van der Waals surface area contributed by atoms with Gasteiger partial charge in [-0.2, -0.15) is 0 Å². The lowest BCUT2D eigenvalue weighted by atomic mass is 9.91. The number of hydrogen-bond donors (Lipinski definition) is 1. The van der Waals surface area contributed by atoms with Crippen molar-refractivity contribution in [1.82, 2.24) is 15.1 Å². The number of esters is 1. The number of rotatable bonds is 6. The van der Waals surface area contributed by atoms with Crippen LogP contribution in [0.25, 0.3) is 0 Å². The molecule has 3 saturated heterocycles. The zero-order chi connectivity index (χ0) is 20.6. The minimum atomic E-state index is -0.209. The molecule has 7 heteroatoms. The molecule has 3 aliphatic heterocycles. The van der Waals surface area contributed by atoms with Crippen molar-refractivity contribution in [1.29, 1.82) is 0 Å². The number of likely N-dealkylation sites (tertiary alicyclic amines) is 2. The van der Waals surface area contributed by atoms with Crippen molar-refractivity contribution < 1.29 is 19.1 Å². The topological polar surface area (TPSA) is 79.0 Å². The van der Waals surface area contributed by atoms with Crippen molar-refractivity contribution in [2.75, 3.05) is 45.9 Å². The number of nitrogens with zero attached hydrogens (tertiary/aromatic N) is 2. The molecule has 2 amide bonds. The third kappa shape index (κ3) is 6.17. The summed E-state index contributed by atoms with van der Waals surface area (Å²) in [5, 5.41) is 3.37. The molecule has 1 N–H and O–H groups in total. The Hall–Kier alpha value is -1.63. The number of ether oxygens (including phenoxy) is 1. The largest absolute Gasteiger partial charge is 0.466 e. The van der Waals surface area contributed by atoms with Crippen LogP contribution in [0.5, 0.6) is 0 Å². The highest BCUT2D eigenvalue weighted by molar-refractivity contribution is 5.82. The Bertz CT molecular complexity index is 576. The first-order valence-electron chi connectivity index (χ1n) is 11.5. The first-order valence-corrected chi connectivity index (χ1v) is 11.5. The molecule has 3 rings (SSSR count). The van der Waals surface area contributed by atoms with Gasteiger partial charge in [0.1, 0.15) is 0 Å². The summed E-state index contributed by atoms with van der Waals surface area (Å²) >= 11 is 0. The van der Waals surface area contributed by atoms with Crippen molar-refractivity contribution in [3.63, 3.8) is 0 Å². The molecular weight excluding hydrogens is 370 g/mol. The predicted molar refractivity (Wildman–Crippen MR) is 110 cm³/mol. The summed E-state index contributed by atoms with van der Waals surface area (Å²) in [4.78, 5) is 41.6. The maximum atomic E-state index is 13.1. The van der Waals surface area contributed by atoms with Crippen LogP contribution >= 0.6 is 0 Å². The minimum absolute atomic E-state index is 0.106. The van der Waals surface area contributed by atoms with Crippen LogP contribution in [-0.4, -0.2) is 73.5 Å². The fraction of sp³-hybridized carbons (Fsp3) is 0.864. The predicted octanol–water partition coefficient (Wildman–Crippen LogP) is 1.81. The Morgan fingerprint density at radius 2 is 1.59 bits per heavy atom. The van der Waals surface area contributed by atoms with Crippen LogP contribution in [0.2, 0.25) is 0 Å². The van der Waals surface area contributed by atoms with E-state index in [1.165, 1.54) is 0 Å². The van der Waals surface area contributed by atoms with E-state index >= 15 is 0 Å². The Balaban J connectivity index is 1.48. The maximum absolute atomic E-state index is 13.1. The fourth-order valence-corrected chi connectivity index (χ4v) is 4.95. The molecule has 0 spiro atoms. The van der Waals surface area contributed by atoms with E-state index in [-0.39, 0.29) is 29.6 Å². The van der Waals surface area contributed by atoms with Crippen LogP contribution in [-0.2, 0) is 19.1 Å². The Morgan fingerprint density at radius 1 is 0.931 bits per heavy atom. The standard InChI is InChI=1S/C22H37N3O4/c1-2-29-22(28)19-6-4-14-25(16-19)21(27)18-5-3-13-24(15-18)20(26)8-7-17-9-11-23-12-10-17/h17-19,23H,2-16H2,1H3/t18?,19-/m1/s1. The molecule has 2 atom stereocenters. The SMILES string of the molecule is CCOC(=O)[C@@H]1CCCN(C(=O)C2CCCN(C(=O)CCC3CCNCC3)C2)C1. The second-order valence-corrected chi connectivity index (χ2v) is 8.79. The lowest BCUT2D eigenvalue weighted by Crippen LogP contribution is -2.50. The molecule has 0 aromatic heterocycles. The number of carbonyl (C=O) groups is 3. The van der Waals surface area contributed by atoms with Crippen LogP contribution in [0.15, 0.2) is 0 Å². The van der Waals surface area contributed by atoms with Crippen LogP contribution in [0.1, 0.15) is 58.3 Å². The van der Waals surface area contributed by atoms with E-state index in [0.717, 1.165) is 64.6 Å². The summed E-state index contributed by atoms with van der Waals surface area (Å²) in [6.45, 7) is 6.75. The maximum Gasteiger partial charge on any atom is 0.310 e. The monoisotopic (exact) mass is 407 g/mol. The summed E-state index contributed by atoms with van der Waals surface area (Å²) < 4.78 is 5.15. The normalized spacial score (nSPS) is 26.2. The van der Waals surface area contributed by atoms with E-state index in [4.69, 9.17) is 4.74 Å². The number of carbonyl (C=O) groups excluding carboxylic acids is 3. The summed E-state index contributed by atoms with van der Waals surface area (Å²) in [6, 6.07) is 0. The van der Waals surface area contributed by atoms with Crippen LogP contribution in [0, 0.1) is 17.8 Å². The van der Waals surface area contributed by atoms with E-state index in [1.54, 1.807) is 0 Å². The third-order valence-electron chi connectivity index (χ3n) is 6.70. The lowest BCUT2D eigenvalue weighted by Gasteiger charge is -2.38. The minimum Gasteiger partial charge on any atom is -0.466 e. The molecule has 164 valence electrons. The van der Waals surface area contributed by atoms with Gasteiger partial charge in [-0.1, -0.05) is 0 Å². The van der Waals surface area contributed by atoms with Crippen LogP contribution in [0.4, 0.5) is 0 Å². The van der Waals surface area contributed by atoms with Gasteiger partial charge in [0, 0.05) is 32.6 Å². The molecule has 3 heterocycles. The summed E-state index contributed by atoms with van der Waals surface area (Å²) in [5.74, 6) is 0.421. The molecule has 0 aromatic rings. The molecule has 0 bridgehead atoms. The van der Waals surface area contributed by atoms with Gasteiger partial charge < -0.3 is 19.9 Å². The Labute approximate surface area is 174 Å². The molecule has 29 heavy (non-hydrogen) atoms. The van der Waals surface area contributed by atoms with E-state index < -0.39 is 0 Å². The molecule has 1 unspecified atom stereocenters. The summed E-state index contributed by atoms with van der Waals surface area (Å²) in [7, 11) is 0. The van der Waals surface area contributed by atoms with Gasteiger partial charge in [-0.25, -0.2) is 0 Å². The van der Waals surface area contributed by atoms with E-state index in [0.29, 0.717) is 38.6 Å². The van der Waals surface area contributed by atoms with Gasteiger partial charge in [-0.05, 0) is 70.9 Å². The highest BCUT2D eigenvalue weighted by Gasteiger charge is 2.35. The summed E-state index contributed by atoms with van der Waals surface area (Å²) in [5.41, 5.74) is 0. The zero-order valence-corrected chi connectivity index (χ0v) is 17.9. The molecule has 0 saturated carbocycles. The molecule has 7 nitrogen and oxygen atoms in total. The first kappa shape index (κ1) is 22.1. The highest BCUT2D eigenvalue weighted by atomic mass is 16.5. The van der Waals surface area contributed by atoms with Gasteiger partial charge in [-0.15, -0.1) is 0 Å². The molecule has 0 radical (unpaired) electrons. The molecule has 0 aliphatic carbocycles. The molecule has 3 aliphatic rings. The second kappa shape index (κ2) is 11.0. The zero-order valence-electron chi connectivity index (χ0n) is 17.9. The van der Waals surface area contributed by atoms with Gasteiger partial charge in [0.15, 0.2) is 0 Å². The number of amides is 2. The van der Waals surface area contributed by atoms with Crippen molar-refractivity contribution in [2.24, 2.45) is 17.8 Å². The fourth-order valence-electron chi connectivity index (χ4n) is 4.95. The van der Waals surface area contributed by atoms with Gasteiger partial charge in [0.2, 0.25) is 11.8 Å². The Morgan fingerprint density at radius 3 is 2.31 bits per heavy atom. The van der Waals surface area contributed by atoms with Crippen molar-refractivity contribution in [3.8, 4) is 0 Å². The average molecular weight is 408 g/mol.